The number of nitrogens with one attached hydrogen (secondary N) is 1. The molecule has 1 aromatic heterocycles. The summed E-state index contributed by atoms with van der Waals surface area (Å²) in [5.74, 6) is -0.768. The Bertz CT molecular complexity index is 1050. The van der Waals surface area contributed by atoms with Gasteiger partial charge in [-0.3, -0.25) is 9.69 Å². The average molecular weight is 397 g/mol. The van der Waals surface area contributed by atoms with Gasteiger partial charge in [0.1, 0.15) is 11.6 Å². The van der Waals surface area contributed by atoms with E-state index in [9.17, 15) is 13.6 Å². The molecule has 0 bridgehead atoms. The molecule has 7 heteroatoms. The van der Waals surface area contributed by atoms with Gasteiger partial charge in [-0.25, -0.2) is 9.37 Å². The van der Waals surface area contributed by atoms with Crippen LogP contribution in [0.4, 0.5) is 8.78 Å². The van der Waals surface area contributed by atoms with Crippen molar-refractivity contribution in [3.63, 3.8) is 0 Å². The zero-order chi connectivity index (χ0) is 20.4. The fourth-order valence-electron chi connectivity index (χ4n) is 3.53. The maximum atomic E-state index is 13.5. The van der Waals surface area contributed by atoms with E-state index in [1.165, 1.54) is 19.1 Å². The number of benzene rings is 2. The lowest BCUT2D eigenvalue weighted by Gasteiger charge is -2.36. The van der Waals surface area contributed by atoms with Gasteiger partial charge in [0.05, 0.1) is 24.9 Å². The van der Waals surface area contributed by atoms with Gasteiger partial charge in [0, 0.05) is 18.7 Å². The molecule has 4 rings (SSSR count). The predicted octanol–water partition coefficient (Wildman–Crippen LogP) is 3.60. The van der Waals surface area contributed by atoms with Crippen molar-refractivity contribution in [3.05, 3.63) is 87.3 Å². The quantitative estimate of drug-likeness (QED) is 0.731. The van der Waals surface area contributed by atoms with Gasteiger partial charge in [0.2, 0.25) is 5.82 Å². The zero-order valence-electron chi connectivity index (χ0n) is 16.0. The molecule has 1 aliphatic heterocycles. The number of aromatic nitrogens is 2. The second-order valence-corrected chi connectivity index (χ2v) is 7.12. The van der Waals surface area contributed by atoms with Crippen molar-refractivity contribution in [1.29, 1.82) is 0 Å². The molecule has 2 heterocycles. The summed E-state index contributed by atoms with van der Waals surface area (Å²) >= 11 is 0. The predicted molar refractivity (Wildman–Crippen MR) is 105 cm³/mol. The van der Waals surface area contributed by atoms with Crippen LogP contribution in [0.2, 0.25) is 0 Å². The van der Waals surface area contributed by atoms with Crippen molar-refractivity contribution in [1.82, 2.24) is 14.9 Å². The molecule has 0 amide bonds. The minimum Gasteiger partial charge on any atom is -0.378 e. The van der Waals surface area contributed by atoms with Crippen LogP contribution in [0.25, 0.3) is 11.4 Å². The Labute approximate surface area is 167 Å². The van der Waals surface area contributed by atoms with Crippen molar-refractivity contribution < 1.29 is 13.5 Å². The largest absolute Gasteiger partial charge is 0.378 e. The Morgan fingerprint density at radius 1 is 1.14 bits per heavy atom. The summed E-state index contributed by atoms with van der Waals surface area (Å²) in [4.78, 5) is 20.5. The van der Waals surface area contributed by atoms with Gasteiger partial charge in [-0.05, 0) is 30.2 Å². The number of aromatic amines is 1. The summed E-state index contributed by atoms with van der Waals surface area (Å²) in [6.45, 7) is 4.16. The summed E-state index contributed by atoms with van der Waals surface area (Å²) in [5.41, 5.74) is 2.12. The molecule has 1 unspecified atom stereocenters. The highest BCUT2D eigenvalue weighted by molar-refractivity contribution is 5.55. The highest BCUT2D eigenvalue weighted by Crippen LogP contribution is 2.26. The van der Waals surface area contributed by atoms with Crippen molar-refractivity contribution in [3.8, 4) is 11.4 Å². The Balaban J connectivity index is 1.53. The molecule has 2 aromatic carbocycles. The highest BCUT2D eigenvalue weighted by atomic mass is 19.1. The summed E-state index contributed by atoms with van der Waals surface area (Å²) in [6.07, 6.45) is 0. The molecule has 1 N–H and O–H groups in total. The van der Waals surface area contributed by atoms with Crippen LogP contribution in [0.5, 0.6) is 0 Å². The van der Waals surface area contributed by atoms with Crippen LogP contribution in [0.15, 0.2) is 53.3 Å². The maximum Gasteiger partial charge on any atom is 0.287 e. The summed E-state index contributed by atoms with van der Waals surface area (Å²) in [6, 6.07) is 14.2. The first kappa shape index (κ1) is 19.4. The van der Waals surface area contributed by atoms with Crippen LogP contribution in [-0.4, -0.2) is 34.6 Å². The minimum atomic E-state index is -0.857. The molecule has 150 valence electrons. The number of rotatable bonds is 4. The molecule has 3 aromatic rings. The fraction of sp³-hybridized carbons (Fsp3) is 0.273. The maximum absolute atomic E-state index is 13.5. The number of halogens is 2. The van der Waals surface area contributed by atoms with Gasteiger partial charge in [-0.1, -0.05) is 36.4 Å². The number of hydrogen-bond donors (Lipinski definition) is 1. The van der Waals surface area contributed by atoms with E-state index in [0.29, 0.717) is 31.1 Å². The van der Waals surface area contributed by atoms with Crippen LogP contribution < -0.4 is 5.56 Å². The lowest BCUT2D eigenvalue weighted by molar-refractivity contribution is -0.0127. The van der Waals surface area contributed by atoms with Crippen LogP contribution >= 0.6 is 0 Å². The van der Waals surface area contributed by atoms with E-state index in [-0.39, 0.29) is 17.6 Å². The van der Waals surface area contributed by atoms with E-state index in [4.69, 9.17) is 4.74 Å². The smallest absolute Gasteiger partial charge is 0.287 e. The van der Waals surface area contributed by atoms with Gasteiger partial charge in [-0.15, -0.1) is 0 Å². The molecule has 0 spiro atoms. The monoisotopic (exact) mass is 397 g/mol. The number of morpholine rings is 1. The van der Waals surface area contributed by atoms with Crippen LogP contribution in [0.3, 0.4) is 0 Å². The number of nitrogens with zero attached hydrogens (tertiary/aromatic N) is 2. The van der Waals surface area contributed by atoms with Gasteiger partial charge >= 0.3 is 0 Å². The summed E-state index contributed by atoms with van der Waals surface area (Å²) < 4.78 is 32.4. The Morgan fingerprint density at radius 2 is 1.86 bits per heavy atom. The molecule has 0 radical (unpaired) electrons. The average Bonchev–Trinajstić information content (AvgIpc) is 2.73. The standard InChI is InChI=1S/C22H21F2N3O2/c1-14-20(24)22(28)26-21(25-14)17-4-2-15(3-5-17)12-27-10-11-29-13-19(27)16-6-8-18(23)9-7-16/h2-9,19H,10-13H2,1H3,(H,25,26,28). The third-order valence-corrected chi connectivity index (χ3v) is 5.14. The van der Waals surface area contributed by atoms with Gasteiger partial charge in [-0.2, -0.15) is 4.39 Å². The molecule has 5 nitrogen and oxygen atoms in total. The second-order valence-electron chi connectivity index (χ2n) is 7.12. The highest BCUT2D eigenvalue weighted by Gasteiger charge is 2.24. The van der Waals surface area contributed by atoms with E-state index >= 15 is 0 Å². The van der Waals surface area contributed by atoms with Gasteiger partial charge < -0.3 is 9.72 Å². The number of H-pyrrole nitrogens is 1. The lowest BCUT2D eigenvalue weighted by atomic mass is 10.0. The van der Waals surface area contributed by atoms with Gasteiger partial charge in [0.15, 0.2) is 0 Å². The number of hydrogen-bond acceptors (Lipinski definition) is 4. The molecule has 1 saturated heterocycles. The summed E-state index contributed by atoms with van der Waals surface area (Å²) in [7, 11) is 0. The number of ether oxygens (including phenoxy) is 1. The normalized spacial score (nSPS) is 17.4. The molecule has 1 aliphatic rings. The molecule has 29 heavy (non-hydrogen) atoms. The zero-order valence-corrected chi connectivity index (χ0v) is 16.0. The first-order chi connectivity index (χ1) is 14.0. The van der Waals surface area contributed by atoms with E-state index in [1.54, 1.807) is 12.1 Å². The first-order valence-electron chi connectivity index (χ1n) is 9.44. The van der Waals surface area contributed by atoms with Crippen LogP contribution in [0, 0.1) is 18.6 Å². The molecule has 0 aliphatic carbocycles. The minimum absolute atomic E-state index is 0.0572. The molecule has 0 saturated carbocycles. The second kappa shape index (κ2) is 8.23. The van der Waals surface area contributed by atoms with Gasteiger partial charge in [0.25, 0.3) is 5.56 Å². The van der Waals surface area contributed by atoms with E-state index < -0.39 is 11.4 Å². The Morgan fingerprint density at radius 3 is 2.55 bits per heavy atom. The molecule has 1 fully saturated rings. The molecular weight excluding hydrogens is 376 g/mol. The van der Waals surface area contributed by atoms with E-state index in [0.717, 1.165) is 17.7 Å². The van der Waals surface area contributed by atoms with Crippen LogP contribution in [-0.2, 0) is 11.3 Å². The molecular formula is C22H21F2N3O2. The summed E-state index contributed by atoms with van der Waals surface area (Å²) in [5, 5.41) is 0. The third kappa shape index (κ3) is 4.26. The first-order valence-corrected chi connectivity index (χ1v) is 9.44. The van der Waals surface area contributed by atoms with Crippen molar-refractivity contribution in [2.75, 3.05) is 19.8 Å². The lowest BCUT2D eigenvalue weighted by Crippen LogP contribution is -2.39. The van der Waals surface area contributed by atoms with E-state index in [2.05, 4.69) is 14.9 Å². The van der Waals surface area contributed by atoms with E-state index in [1.807, 2.05) is 24.3 Å². The van der Waals surface area contributed by atoms with Crippen LogP contribution in [0.1, 0.15) is 22.9 Å². The number of aryl methyl sites for hydroxylation is 1. The van der Waals surface area contributed by atoms with Crippen molar-refractivity contribution in [2.45, 2.75) is 19.5 Å². The fourth-order valence-corrected chi connectivity index (χ4v) is 3.53. The topological polar surface area (TPSA) is 58.2 Å². The molecule has 1 atom stereocenters. The van der Waals surface area contributed by atoms with Crippen molar-refractivity contribution in [2.24, 2.45) is 0 Å². The van der Waals surface area contributed by atoms with Crippen molar-refractivity contribution >= 4 is 0 Å². The Hall–Kier alpha value is -2.90. The third-order valence-electron chi connectivity index (χ3n) is 5.14. The SMILES string of the molecule is Cc1nc(-c2ccc(CN3CCOCC3c3ccc(F)cc3)cc2)[nH]c(=O)c1F. The Kier molecular flexibility index (Phi) is 5.51.